The van der Waals surface area contributed by atoms with Crippen molar-refractivity contribution in [2.45, 2.75) is 0 Å². The van der Waals surface area contributed by atoms with E-state index in [2.05, 4.69) is 10.3 Å². The molecule has 3 aromatic rings. The molecule has 0 aliphatic rings. The topological polar surface area (TPSA) is 51.2 Å². The largest absolute Gasteiger partial charge is 0.495 e. The third-order valence-corrected chi connectivity index (χ3v) is 3.57. The van der Waals surface area contributed by atoms with E-state index in [1.165, 1.54) is 0 Å². The van der Waals surface area contributed by atoms with Crippen LogP contribution in [0.1, 0.15) is 10.4 Å². The number of nitrogens with one attached hydrogen (secondary N) is 1. The van der Waals surface area contributed by atoms with Gasteiger partial charge >= 0.3 is 0 Å². The molecule has 5 heteroatoms. The van der Waals surface area contributed by atoms with Crippen LogP contribution in [0.3, 0.4) is 0 Å². The normalized spacial score (nSPS) is 10.5. The fourth-order valence-corrected chi connectivity index (χ4v) is 2.46. The van der Waals surface area contributed by atoms with E-state index >= 15 is 0 Å². The van der Waals surface area contributed by atoms with Crippen molar-refractivity contribution in [3.63, 3.8) is 0 Å². The number of carbonyl (C=O) groups is 1. The SMILES string of the molecule is COc1ccc(Cl)cc1NC(=O)c1cccc2cnccc12. The second-order valence-electron chi connectivity index (χ2n) is 4.70. The molecule has 1 amide bonds. The van der Waals surface area contributed by atoms with E-state index in [9.17, 15) is 4.79 Å². The lowest BCUT2D eigenvalue weighted by Gasteiger charge is -2.11. The fourth-order valence-electron chi connectivity index (χ4n) is 2.29. The van der Waals surface area contributed by atoms with Crippen molar-refractivity contribution in [2.24, 2.45) is 0 Å². The zero-order valence-electron chi connectivity index (χ0n) is 11.8. The van der Waals surface area contributed by atoms with E-state index in [4.69, 9.17) is 16.3 Å². The summed E-state index contributed by atoms with van der Waals surface area (Å²) in [7, 11) is 1.54. The molecule has 3 rings (SSSR count). The Morgan fingerprint density at radius 3 is 2.91 bits per heavy atom. The Balaban J connectivity index is 1.99. The number of benzene rings is 2. The number of hydrogen-bond donors (Lipinski definition) is 1. The number of fused-ring (bicyclic) bond motifs is 1. The smallest absolute Gasteiger partial charge is 0.256 e. The predicted octanol–water partition coefficient (Wildman–Crippen LogP) is 4.15. The standard InChI is InChI=1S/C17H13ClN2O2/c1-22-16-6-5-12(18)9-15(16)20-17(21)14-4-2-3-11-10-19-8-7-13(11)14/h2-10H,1H3,(H,20,21). The van der Waals surface area contributed by atoms with Gasteiger partial charge in [-0.3, -0.25) is 9.78 Å². The third kappa shape index (κ3) is 2.73. The van der Waals surface area contributed by atoms with E-state index in [-0.39, 0.29) is 5.91 Å². The summed E-state index contributed by atoms with van der Waals surface area (Å²) in [6.45, 7) is 0. The number of methoxy groups -OCH3 is 1. The van der Waals surface area contributed by atoms with Gasteiger partial charge < -0.3 is 10.1 Å². The molecule has 0 radical (unpaired) electrons. The van der Waals surface area contributed by atoms with Crippen molar-refractivity contribution in [1.29, 1.82) is 0 Å². The number of rotatable bonds is 3. The quantitative estimate of drug-likeness (QED) is 0.790. The minimum atomic E-state index is -0.225. The van der Waals surface area contributed by atoms with Gasteiger partial charge in [-0.25, -0.2) is 0 Å². The molecule has 110 valence electrons. The van der Waals surface area contributed by atoms with Crippen molar-refractivity contribution in [3.05, 3.63) is 65.4 Å². The van der Waals surface area contributed by atoms with Crippen LogP contribution in [0.4, 0.5) is 5.69 Å². The van der Waals surface area contributed by atoms with Crippen molar-refractivity contribution in [3.8, 4) is 5.75 Å². The minimum Gasteiger partial charge on any atom is -0.495 e. The van der Waals surface area contributed by atoms with Gasteiger partial charge in [-0.05, 0) is 35.7 Å². The van der Waals surface area contributed by atoms with Gasteiger partial charge in [0, 0.05) is 28.4 Å². The van der Waals surface area contributed by atoms with Crippen molar-refractivity contribution >= 4 is 34.0 Å². The Hall–Kier alpha value is -2.59. The Labute approximate surface area is 132 Å². The number of halogens is 1. The molecule has 0 aliphatic carbocycles. The molecule has 1 aromatic heterocycles. The number of amides is 1. The lowest BCUT2D eigenvalue weighted by Crippen LogP contribution is -2.13. The van der Waals surface area contributed by atoms with Gasteiger partial charge in [-0.2, -0.15) is 0 Å². The van der Waals surface area contributed by atoms with E-state index in [0.29, 0.717) is 22.0 Å². The van der Waals surface area contributed by atoms with Crippen LogP contribution >= 0.6 is 11.6 Å². The molecule has 0 saturated heterocycles. The first kappa shape index (κ1) is 14.4. The maximum absolute atomic E-state index is 12.6. The van der Waals surface area contributed by atoms with Crippen molar-refractivity contribution in [2.75, 3.05) is 12.4 Å². The zero-order chi connectivity index (χ0) is 15.5. The van der Waals surface area contributed by atoms with Gasteiger partial charge in [0.1, 0.15) is 5.75 Å². The van der Waals surface area contributed by atoms with E-state index < -0.39 is 0 Å². The molecular formula is C17H13ClN2O2. The number of carbonyl (C=O) groups excluding carboxylic acids is 1. The average molecular weight is 313 g/mol. The van der Waals surface area contributed by atoms with Crippen LogP contribution < -0.4 is 10.1 Å². The van der Waals surface area contributed by atoms with Crippen LogP contribution in [-0.4, -0.2) is 18.0 Å². The molecule has 2 aromatic carbocycles. The highest BCUT2D eigenvalue weighted by molar-refractivity contribution is 6.31. The first-order valence-corrected chi connectivity index (χ1v) is 7.04. The summed E-state index contributed by atoms with van der Waals surface area (Å²) in [5, 5.41) is 5.12. The summed E-state index contributed by atoms with van der Waals surface area (Å²) in [6, 6.07) is 12.4. The summed E-state index contributed by atoms with van der Waals surface area (Å²) in [4.78, 5) is 16.6. The van der Waals surface area contributed by atoms with Crippen LogP contribution in [0.2, 0.25) is 5.02 Å². The van der Waals surface area contributed by atoms with Crippen LogP contribution in [0.15, 0.2) is 54.9 Å². The van der Waals surface area contributed by atoms with Gasteiger partial charge in [0.05, 0.1) is 12.8 Å². The number of aromatic nitrogens is 1. The molecule has 0 bridgehead atoms. The highest BCUT2D eigenvalue weighted by Gasteiger charge is 2.13. The molecule has 0 aliphatic heterocycles. The predicted molar refractivity (Wildman–Crippen MR) is 87.7 cm³/mol. The zero-order valence-corrected chi connectivity index (χ0v) is 12.6. The summed E-state index contributed by atoms with van der Waals surface area (Å²) in [5.41, 5.74) is 1.10. The number of anilines is 1. The van der Waals surface area contributed by atoms with Crippen LogP contribution in [0.25, 0.3) is 10.8 Å². The maximum atomic E-state index is 12.6. The maximum Gasteiger partial charge on any atom is 0.256 e. The minimum absolute atomic E-state index is 0.225. The monoisotopic (exact) mass is 312 g/mol. The molecular weight excluding hydrogens is 300 g/mol. The number of hydrogen-bond acceptors (Lipinski definition) is 3. The molecule has 0 saturated carbocycles. The van der Waals surface area contributed by atoms with Crippen molar-refractivity contribution in [1.82, 2.24) is 4.98 Å². The molecule has 0 fully saturated rings. The molecule has 0 unspecified atom stereocenters. The third-order valence-electron chi connectivity index (χ3n) is 3.34. The number of pyridine rings is 1. The summed E-state index contributed by atoms with van der Waals surface area (Å²) >= 11 is 5.98. The molecule has 4 nitrogen and oxygen atoms in total. The average Bonchev–Trinajstić information content (AvgIpc) is 2.54. The van der Waals surface area contributed by atoms with Crippen molar-refractivity contribution < 1.29 is 9.53 Å². The fraction of sp³-hybridized carbons (Fsp3) is 0.0588. The number of ether oxygens (including phenoxy) is 1. The highest BCUT2D eigenvalue weighted by Crippen LogP contribution is 2.28. The lowest BCUT2D eigenvalue weighted by atomic mass is 10.1. The molecule has 22 heavy (non-hydrogen) atoms. The number of nitrogens with zero attached hydrogens (tertiary/aromatic N) is 1. The van der Waals surface area contributed by atoms with E-state index in [1.54, 1.807) is 43.8 Å². The second-order valence-corrected chi connectivity index (χ2v) is 5.14. The second kappa shape index (κ2) is 6.03. The Morgan fingerprint density at radius 1 is 1.23 bits per heavy atom. The Bertz CT molecular complexity index is 844. The highest BCUT2D eigenvalue weighted by atomic mass is 35.5. The van der Waals surface area contributed by atoms with E-state index in [1.807, 2.05) is 18.2 Å². The molecule has 1 heterocycles. The summed E-state index contributed by atoms with van der Waals surface area (Å²) < 4.78 is 5.24. The Kier molecular flexibility index (Phi) is 3.94. The van der Waals surface area contributed by atoms with E-state index in [0.717, 1.165) is 10.8 Å². The van der Waals surface area contributed by atoms with Crippen LogP contribution in [0, 0.1) is 0 Å². The summed E-state index contributed by atoms with van der Waals surface area (Å²) in [5.74, 6) is 0.331. The summed E-state index contributed by atoms with van der Waals surface area (Å²) in [6.07, 6.45) is 3.39. The Morgan fingerprint density at radius 2 is 2.09 bits per heavy atom. The first-order valence-electron chi connectivity index (χ1n) is 6.66. The lowest BCUT2D eigenvalue weighted by molar-refractivity contribution is 0.102. The van der Waals surface area contributed by atoms with Crippen LogP contribution in [0.5, 0.6) is 5.75 Å². The van der Waals surface area contributed by atoms with Gasteiger partial charge in [-0.15, -0.1) is 0 Å². The van der Waals surface area contributed by atoms with Gasteiger partial charge in [0.25, 0.3) is 5.91 Å². The van der Waals surface area contributed by atoms with Gasteiger partial charge in [0.2, 0.25) is 0 Å². The van der Waals surface area contributed by atoms with Gasteiger partial charge in [0.15, 0.2) is 0 Å². The van der Waals surface area contributed by atoms with Gasteiger partial charge in [-0.1, -0.05) is 23.7 Å². The van der Waals surface area contributed by atoms with Crippen LogP contribution in [-0.2, 0) is 0 Å². The first-order chi connectivity index (χ1) is 10.7. The molecule has 1 N–H and O–H groups in total. The molecule has 0 spiro atoms. The molecule has 0 atom stereocenters.